The second kappa shape index (κ2) is 4.67. The number of carbonyl (C=O) groups is 1. The van der Waals surface area contributed by atoms with E-state index in [2.05, 4.69) is 10.3 Å². The lowest BCUT2D eigenvalue weighted by Crippen LogP contribution is -2.35. The Hall–Kier alpha value is -1.29. The van der Waals surface area contributed by atoms with Crippen LogP contribution >= 0.6 is 0 Å². The van der Waals surface area contributed by atoms with E-state index in [1.165, 1.54) is 0 Å². The Morgan fingerprint density at radius 2 is 2.46 bits per heavy atom. The summed E-state index contributed by atoms with van der Waals surface area (Å²) in [6.07, 6.45) is 3.59. The number of nitrogens with one attached hydrogen (secondary N) is 2. The van der Waals surface area contributed by atoms with Crippen LogP contribution in [0.3, 0.4) is 0 Å². The molecule has 0 saturated carbocycles. The van der Waals surface area contributed by atoms with E-state index < -0.39 is 0 Å². The van der Waals surface area contributed by atoms with Gasteiger partial charge < -0.3 is 15.2 Å². The number of amides is 1. The van der Waals surface area contributed by atoms with E-state index in [1.807, 2.05) is 13.0 Å². The van der Waals surface area contributed by atoms with Crippen LogP contribution in [-0.4, -0.2) is 31.0 Å². The Kier molecular flexibility index (Phi) is 3.52. The number of rotatable bonds is 4. The summed E-state index contributed by atoms with van der Waals surface area (Å²) >= 11 is 0. The number of aromatic nitrogens is 1. The zero-order valence-corrected chi connectivity index (χ0v) is 8.00. The number of H-pyrrole nitrogens is 1. The predicted molar refractivity (Wildman–Crippen MR) is 52.7 cm³/mol. The van der Waals surface area contributed by atoms with E-state index in [4.69, 9.17) is 0 Å². The summed E-state index contributed by atoms with van der Waals surface area (Å²) < 4.78 is 0. The van der Waals surface area contributed by atoms with Crippen LogP contribution in [0.5, 0.6) is 0 Å². The van der Waals surface area contributed by atoms with Crippen molar-refractivity contribution in [3.8, 4) is 0 Å². The molecule has 0 unspecified atom stereocenters. The van der Waals surface area contributed by atoms with Crippen molar-refractivity contribution < 1.29 is 4.79 Å². The van der Waals surface area contributed by atoms with Gasteiger partial charge in [0.05, 0.1) is 12.2 Å². The zero-order valence-electron chi connectivity index (χ0n) is 8.00. The molecule has 4 nitrogen and oxygen atoms in total. The lowest BCUT2D eigenvalue weighted by Gasteiger charge is -2.15. The minimum atomic E-state index is 0.0708. The summed E-state index contributed by atoms with van der Waals surface area (Å²) in [7, 11) is 1.77. The van der Waals surface area contributed by atoms with Crippen LogP contribution in [0, 0.1) is 0 Å². The molecule has 1 amide bonds. The number of carbonyl (C=O) groups excluding carboxylic acids is 1. The maximum absolute atomic E-state index is 11.4. The Morgan fingerprint density at radius 1 is 1.69 bits per heavy atom. The summed E-state index contributed by atoms with van der Waals surface area (Å²) in [5.41, 5.74) is 0.892. The van der Waals surface area contributed by atoms with Crippen molar-refractivity contribution in [3.63, 3.8) is 0 Å². The van der Waals surface area contributed by atoms with Crippen LogP contribution in [0.1, 0.15) is 6.92 Å². The van der Waals surface area contributed by atoms with Crippen molar-refractivity contribution in [2.24, 2.45) is 0 Å². The fourth-order valence-corrected chi connectivity index (χ4v) is 1.02. The van der Waals surface area contributed by atoms with Crippen LogP contribution in [0.4, 0.5) is 5.69 Å². The molecule has 0 spiro atoms. The number of nitrogens with zero attached hydrogens (tertiary/aromatic N) is 1. The number of hydrogen-bond donors (Lipinski definition) is 2. The van der Waals surface area contributed by atoms with E-state index in [0.717, 1.165) is 12.2 Å². The van der Waals surface area contributed by atoms with Gasteiger partial charge in [-0.05, 0) is 12.6 Å². The lowest BCUT2D eigenvalue weighted by molar-refractivity contribution is -0.117. The maximum atomic E-state index is 11.4. The molecule has 1 aromatic heterocycles. The largest absolute Gasteiger partial charge is 0.366 e. The standard InChI is InChI=1S/C9H15N3O/c1-3-10-7-9(13)12(2)8-4-5-11-6-8/h4-6,10-11H,3,7H2,1-2H3. The molecule has 72 valence electrons. The second-order valence-corrected chi connectivity index (χ2v) is 2.80. The fourth-order valence-electron chi connectivity index (χ4n) is 1.02. The van der Waals surface area contributed by atoms with Gasteiger partial charge in [0.25, 0.3) is 0 Å². The van der Waals surface area contributed by atoms with Crippen LogP contribution in [0.25, 0.3) is 0 Å². The number of aromatic amines is 1. The molecular weight excluding hydrogens is 166 g/mol. The summed E-state index contributed by atoms with van der Waals surface area (Å²) in [5, 5.41) is 2.99. The van der Waals surface area contributed by atoms with Gasteiger partial charge in [-0.3, -0.25) is 4.79 Å². The highest BCUT2D eigenvalue weighted by Crippen LogP contribution is 2.09. The number of anilines is 1. The van der Waals surface area contributed by atoms with Gasteiger partial charge in [-0.15, -0.1) is 0 Å². The summed E-state index contributed by atoms with van der Waals surface area (Å²) in [6, 6.07) is 1.86. The SMILES string of the molecule is CCNCC(=O)N(C)c1cc[nH]c1. The van der Waals surface area contributed by atoms with E-state index in [1.54, 1.807) is 24.3 Å². The molecule has 0 saturated heterocycles. The van der Waals surface area contributed by atoms with E-state index >= 15 is 0 Å². The van der Waals surface area contributed by atoms with E-state index in [-0.39, 0.29) is 5.91 Å². The first-order chi connectivity index (χ1) is 6.25. The highest BCUT2D eigenvalue weighted by atomic mass is 16.2. The molecule has 0 bridgehead atoms. The Balaban J connectivity index is 2.48. The zero-order chi connectivity index (χ0) is 9.68. The van der Waals surface area contributed by atoms with Crippen LogP contribution in [0.2, 0.25) is 0 Å². The van der Waals surface area contributed by atoms with Gasteiger partial charge in [0.1, 0.15) is 0 Å². The van der Waals surface area contributed by atoms with Crippen molar-refractivity contribution in [2.45, 2.75) is 6.92 Å². The second-order valence-electron chi connectivity index (χ2n) is 2.80. The van der Waals surface area contributed by atoms with Gasteiger partial charge in [-0.1, -0.05) is 6.92 Å². The molecule has 0 aromatic carbocycles. The molecule has 1 aromatic rings. The molecular formula is C9H15N3O. The average molecular weight is 181 g/mol. The molecule has 0 atom stereocenters. The van der Waals surface area contributed by atoms with Gasteiger partial charge in [0.2, 0.25) is 5.91 Å². The third kappa shape index (κ3) is 2.59. The Morgan fingerprint density at radius 3 is 3.00 bits per heavy atom. The highest BCUT2D eigenvalue weighted by Gasteiger charge is 2.09. The third-order valence-corrected chi connectivity index (χ3v) is 1.87. The maximum Gasteiger partial charge on any atom is 0.240 e. The Labute approximate surface area is 77.9 Å². The lowest BCUT2D eigenvalue weighted by atomic mass is 10.4. The first-order valence-electron chi connectivity index (χ1n) is 4.35. The average Bonchev–Trinajstić information content (AvgIpc) is 2.65. The quantitative estimate of drug-likeness (QED) is 0.714. The van der Waals surface area contributed by atoms with Crippen molar-refractivity contribution >= 4 is 11.6 Å². The van der Waals surface area contributed by atoms with Crippen LogP contribution in [0.15, 0.2) is 18.5 Å². The van der Waals surface area contributed by atoms with Gasteiger partial charge >= 0.3 is 0 Å². The summed E-state index contributed by atoms with van der Waals surface area (Å²) in [4.78, 5) is 16.0. The summed E-state index contributed by atoms with van der Waals surface area (Å²) in [6.45, 7) is 3.18. The number of likely N-dealkylation sites (N-methyl/N-ethyl adjacent to an activating group) is 2. The van der Waals surface area contributed by atoms with Crippen molar-refractivity contribution in [2.75, 3.05) is 25.0 Å². The fraction of sp³-hybridized carbons (Fsp3) is 0.444. The highest BCUT2D eigenvalue weighted by molar-refractivity contribution is 5.94. The molecule has 1 rings (SSSR count). The molecule has 0 aliphatic carbocycles. The van der Waals surface area contributed by atoms with Crippen molar-refractivity contribution in [3.05, 3.63) is 18.5 Å². The van der Waals surface area contributed by atoms with Crippen molar-refractivity contribution in [1.82, 2.24) is 10.3 Å². The minimum absolute atomic E-state index is 0.0708. The molecule has 0 fully saturated rings. The predicted octanol–water partition coefficient (Wildman–Crippen LogP) is 0.587. The smallest absolute Gasteiger partial charge is 0.240 e. The number of hydrogen-bond acceptors (Lipinski definition) is 2. The van der Waals surface area contributed by atoms with Gasteiger partial charge in [-0.25, -0.2) is 0 Å². The monoisotopic (exact) mass is 181 g/mol. The minimum Gasteiger partial charge on any atom is -0.366 e. The Bertz CT molecular complexity index is 256. The van der Waals surface area contributed by atoms with Gasteiger partial charge in [-0.2, -0.15) is 0 Å². The topological polar surface area (TPSA) is 48.1 Å². The molecule has 0 radical (unpaired) electrons. The molecule has 0 aliphatic heterocycles. The van der Waals surface area contributed by atoms with E-state index in [0.29, 0.717) is 6.54 Å². The van der Waals surface area contributed by atoms with Crippen molar-refractivity contribution in [1.29, 1.82) is 0 Å². The first-order valence-corrected chi connectivity index (χ1v) is 4.35. The van der Waals surface area contributed by atoms with Gasteiger partial charge in [0.15, 0.2) is 0 Å². The van der Waals surface area contributed by atoms with Gasteiger partial charge in [0, 0.05) is 19.4 Å². The normalized spacial score (nSPS) is 10.0. The molecule has 13 heavy (non-hydrogen) atoms. The third-order valence-electron chi connectivity index (χ3n) is 1.87. The van der Waals surface area contributed by atoms with Crippen LogP contribution < -0.4 is 10.2 Å². The molecule has 2 N–H and O–H groups in total. The first kappa shape index (κ1) is 9.80. The molecule has 1 heterocycles. The van der Waals surface area contributed by atoms with Crippen LogP contribution in [-0.2, 0) is 4.79 Å². The van der Waals surface area contributed by atoms with E-state index in [9.17, 15) is 4.79 Å². The molecule has 4 heteroatoms. The molecule has 0 aliphatic rings. The summed E-state index contributed by atoms with van der Waals surface area (Å²) in [5.74, 6) is 0.0708.